The van der Waals surface area contributed by atoms with E-state index in [0.717, 1.165) is 6.54 Å². The average Bonchev–Trinajstić information content (AvgIpc) is 2.54. The third-order valence-corrected chi connectivity index (χ3v) is 5.72. The minimum atomic E-state index is 0. The van der Waals surface area contributed by atoms with Crippen molar-refractivity contribution in [2.75, 3.05) is 12.3 Å². The summed E-state index contributed by atoms with van der Waals surface area (Å²) in [6.45, 7) is 0.785. The Kier molecular flexibility index (Phi) is 7.34. The van der Waals surface area contributed by atoms with Crippen molar-refractivity contribution in [3.05, 3.63) is 35.4 Å². The van der Waals surface area contributed by atoms with Crippen LogP contribution in [0, 0.1) is 0 Å². The van der Waals surface area contributed by atoms with Gasteiger partial charge in [-0.2, -0.15) is 11.8 Å². The molecule has 1 heterocycles. The van der Waals surface area contributed by atoms with Crippen molar-refractivity contribution >= 4 is 41.7 Å². The molecule has 1 unspecified atom stereocenters. The third-order valence-electron chi connectivity index (χ3n) is 4.48. The second-order valence-electron chi connectivity index (χ2n) is 6.01. The van der Waals surface area contributed by atoms with Gasteiger partial charge in [-0.25, -0.2) is 0 Å². The Hall–Kier alpha value is -0.430. The van der Waals surface area contributed by atoms with Crippen molar-refractivity contribution in [3.63, 3.8) is 0 Å². The van der Waals surface area contributed by atoms with Crippen LogP contribution in [-0.2, 0) is 6.42 Å². The Morgan fingerprint density at radius 1 is 1.23 bits per heavy atom. The molecule has 1 fully saturated rings. The predicted octanol–water partition coefficient (Wildman–Crippen LogP) is 3.87. The van der Waals surface area contributed by atoms with E-state index in [1.807, 2.05) is 11.8 Å². The molecule has 5 heteroatoms. The molecule has 122 valence electrons. The lowest BCUT2D eigenvalue weighted by Crippen LogP contribution is -2.41. The molecule has 1 aromatic carbocycles. The Labute approximate surface area is 154 Å². The van der Waals surface area contributed by atoms with E-state index in [4.69, 9.17) is 5.73 Å². The molecule has 3 N–H and O–H groups in total. The topological polar surface area (TPSA) is 50.4 Å². The monoisotopic (exact) mass is 431 g/mol. The third kappa shape index (κ3) is 4.78. The summed E-state index contributed by atoms with van der Waals surface area (Å²) >= 11 is 2.00. The average molecular weight is 431 g/mol. The minimum absolute atomic E-state index is 0. The molecule has 1 saturated carbocycles. The van der Waals surface area contributed by atoms with Crippen LogP contribution in [0.5, 0.6) is 0 Å². The van der Waals surface area contributed by atoms with Crippen LogP contribution in [0.25, 0.3) is 0 Å². The Balaban J connectivity index is 0.00000176. The van der Waals surface area contributed by atoms with Gasteiger partial charge in [0.15, 0.2) is 5.96 Å². The van der Waals surface area contributed by atoms with Crippen LogP contribution >= 0.6 is 35.7 Å². The van der Waals surface area contributed by atoms with Gasteiger partial charge in [-0.3, -0.25) is 4.99 Å². The number of aliphatic imine (C=N–C) groups is 1. The number of nitrogens with zero attached hydrogens (tertiary/aromatic N) is 1. The van der Waals surface area contributed by atoms with Crippen LogP contribution in [0.3, 0.4) is 0 Å². The molecule has 1 aliphatic carbocycles. The summed E-state index contributed by atoms with van der Waals surface area (Å²) in [7, 11) is 0. The maximum atomic E-state index is 6.07. The van der Waals surface area contributed by atoms with E-state index in [0.29, 0.717) is 17.3 Å². The standard InChI is InChI=1S/C17H25N3S.HI/c18-17(20-14-7-2-1-3-8-14)19-12-16-15-9-5-4-6-13(15)10-11-21-16;/h4-6,9,14,16H,1-3,7-8,10-12H2,(H3,18,19,20);1H. The van der Waals surface area contributed by atoms with Crippen LogP contribution in [0.1, 0.15) is 48.5 Å². The van der Waals surface area contributed by atoms with Gasteiger partial charge in [-0.1, -0.05) is 43.5 Å². The van der Waals surface area contributed by atoms with Gasteiger partial charge in [0.25, 0.3) is 0 Å². The van der Waals surface area contributed by atoms with E-state index in [9.17, 15) is 0 Å². The van der Waals surface area contributed by atoms with Crippen LogP contribution in [0.2, 0.25) is 0 Å². The van der Waals surface area contributed by atoms with Crippen molar-refractivity contribution in [1.82, 2.24) is 5.32 Å². The largest absolute Gasteiger partial charge is 0.370 e. The first kappa shape index (κ1) is 17.9. The van der Waals surface area contributed by atoms with E-state index in [1.165, 1.54) is 55.4 Å². The summed E-state index contributed by atoms with van der Waals surface area (Å²) in [5.41, 5.74) is 9.00. The smallest absolute Gasteiger partial charge is 0.188 e. The van der Waals surface area contributed by atoms with Crippen molar-refractivity contribution in [3.8, 4) is 0 Å². The molecular weight excluding hydrogens is 405 g/mol. The van der Waals surface area contributed by atoms with Gasteiger partial charge in [0.2, 0.25) is 0 Å². The number of thioether (sulfide) groups is 1. The second-order valence-corrected chi connectivity index (χ2v) is 7.32. The van der Waals surface area contributed by atoms with Crippen LogP contribution in [-0.4, -0.2) is 24.3 Å². The molecule has 0 spiro atoms. The van der Waals surface area contributed by atoms with Gasteiger partial charge in [-0.15, -0.1) is 24.0 Å². The number of benzene rings is 1. The summed E-state index contributed by atoms with van der Waals surface area (Å²) in [5, 5.41) is 3.86. The number of rotatable bonds is 3. The first-order valence-corrected chi connectivity index (χ1v) is 9.13. The summed E-state index contributed by atoms with van der Waals surface area (Å²) in [5.74, 6) is 1.82. The van der Waals surface area contributed by atoms with Crippen LogP contribution < -0.4 is 11.1 Å². The molecule has 0 saturated heterocycles. The number of fused-ring (bicyclic) bond motifs is 1. The van der Waals surface area contributed by atoms with Crippen molar-refractivity contribution in [2.45, 2.75) is 49.8 Å². The molecule has 0 amide bonds. The Bertz CT molecular complexity index is 500. The summed E-state index contributed by atoms with van der Waals surface area (Å²) < 4.78 is 0. The van der Waals surface area contributed by atoms with E-state index in [1.54, 1.807) is 0 Å². The van der Waals surface area contributed by atoms with Crippen molar-refractivity contribution in [2.24, 2.45) is 10.7 Å². The molecule has 1 aromatic rings. The molecule has 3 nitrogen and oxygen atoms in total. The fourth-order valence-electron chi connectivity index (χ4n) is 3.31. The number of hydrogen-bond donors (Lipinski definition) is 2. The fourth-order valence-corrected chi connectivity index (χ4v) is 4.52. The van der Waals surface area contributed by atoms with E-state index in [-0.39, 0.29) is 24.0 Å². The van der Waals surface area contributed by atoms with Gasteiger partial charge in [0.05, 0.1) is 6.54 Å². The SMILES string of the molecule is I.NC(=NCC1SCCc2ccccc21)NC1CCCCC1. The summed E-state index contributed by atoms with van der Waals surface area (Å²) in [6.07, 6.45) is 7.64. The normalized spacial score (nSPS) is 22.5. The number of nitrogens with one attached hydrogen (secondary N) is 1. The molecule has 1 atom stereocenters. The maximum Gasteiger partial charge on any atom is 0.188 e. The number of nitrogens with two attached hydrogens (primary N) is 1. The van der Waals surface area contributed by atoms with Gasteiger partial charge >= 0.3 is 0 Å². The molecule has 1 aliphatic heterocycles. The lowest BCUT2D eigenvalue weighted by atomic mass is 9.96. The highest BCUT2D eigenvalue weighted by Crippen LogP contribution is 2.36. The van der Waals surface area contributed by atoms with Crippen molar-refractivity contribution in [1.29, 1.82) is 0 Å². The van der Waals surface area contributed by atoms with E-state index >= 15 is 0 Å². The number of aryl methyl sites for hydroxylation is 1. The number of guanidine groups is 1. The highest BCUT2D eigenvalue weighted by molar-refractivity contribution is 14.0. The Morgan fingerprint density at radius 3 is 2.82 bits per heavy atom. The zero-order valence-electron chi connectivity index (χ0n) is 13.0. The quantitative estimate of drug-likeness (QED) is 0.434. The maximum absolute atomic E-state index is 6.07. The molecule has 3 rings (SSSR count). The van der Waals surface area contributed by atoms with Crippen molar-refractivity contribution < 1.29 is 0 Å². The molecule has 0 aromatic heterocycles. The summed E-state index contributed by atoms with van der Waals surface area (Å²) in [6, 6.07) is 9.29. The lowest BCUT2D eigenvalue weighted by molar-refractivity contribution is 0.412. The second kappa shape index (κ2) is 9.01. The first-order valence-electron chi connectivity index (χ1n) is 8.09. The van der Waals surface area contributed by atoms with E-state index in [2.05, 4.69) is 34.6 Å². The first-order chi connectivity index (χ1) is 10.3. The minimum Gasteiger partial charge on any atom is -0.370 e. The van der Waals surface area contributed by atoms with Gasteiger partial charge in [-0.05, 0) is 36.1 Å². The van der Waals surface area contributed by atoms with E-state index < -0.39 is 0 Å². The van der Waals surface area contributed by atoms with Crippen LogP contribution in [0.15, 0.2) is 29.3 Å². The fraction of sp³-hybridized carbons (Fsp3) is 0.588. The lowest BCUT2D eigenvalue weighted by Gasteiger charge is -2.25. The summed E-state index contributed by atoms with van der Waals surface area (Å²) in [4.78, 5) is 4.60. The highest BCUT2D eigenvalue weighted by atomic mass is 127. The van der Waals surface area contributed by atoms with Gasteiger partial charge < -0.3 is 11.1 Å². The van der Waals surface area contributed by atoms with Gasteiger partial charge in [0, 0.05) is 11.3 Å². The molecule has 2 aliphatic rings. The number of halogens is 1. The number of hydrogen-bond acceptors (Lipinski definition) is 2. The molecule has 22 heavy (non-hydrogen) atoms. The zero-order valence-corrected chi connectivity index (χ0v) is 16.1. The molecular formula is C17H26IN3S. The predicted molar refractivity (Wildman–Crippen MR) is 107 cm³/mol. The van der Waals surface area contributed by atoms with Crippen LogP contribution in [0.4, 0.5) is 0 Å². The Morgan fingerprint density at radius 2 is 2.00 bits per heavy atom. The zero-order chi connectivity index (χ0) is 14.5. The highest BCUT2D eigenvalue weighted by Gasteiger charge is 2.20. The molecule has 0 bridgehead atoms. The molecule has 0 radical (unpaired) electrons. The van der Waals surface area contributed by atoms with Gasteiger partial charge in [0.1, 0.15) is 0 Å².